The van der Waals surface area contributed by atoms with Gasteiger partial charge in [0.2, 0.25) is 0 Å². The first-order valence-electron chi connectivity index (χ1n) is 6.41. The Hall–Kier alpha value is -1.75. The predicted molar refractivity (Wildman–Crippen MR) is 70.3 cm³/mol. The number of carbonyl (C=O) groups excluding carboxylic acids is 1. The number of hydrogen-bond donors (Lipinski definition) is 1. The Kier molecular flexibility index (Phi) is 4.63. The number of nitrogens with zero attached hydrogens (tertiary/aromatic N) is 1. The van der Waals surface area contributed by atoms with E-state index in [0.717, 1.165) is 0 Å². The summed E-state index contributed by atoms with van der Waals surface area (Å²) in [7, 11) is 1.59. The van der Waals surface area contributed by atoms with E-state index in [1.807, 2.05) is 12.1 Å². The van der Waals surface area contributed by atoms with E-state index in [4.69, 9.17) is 9.47 Å². The summed E-state index contributed by atoms with van der Waals surface area (Å²) in [6.07, 6.45) is 1.01. The summed E-state index contributed by atoms with van der Waals surface area (Å²) >= 11 is 0. The molecule has 0 aliphatic carbocycles. The van der Waals surface area contributed by atoms with Gasteiger partial charge in [-0.05, 0) is 25.0 Å². The molecule has 5 nitrogen and oxygen atoms in total. The van der Waals surface area contributed by atoms with Gasteiger partial charge in [-0.3, -0.25) is 4.79 Å². The van der Waals surface area contributed by atoms with Crippen LogP contribution in [-0.4, -0.2) is 48.8 Å². The van der Waals surface area contributed by atoms with Crippen LogP contribution in [0.5, 0.6) is 11.5 Å². The molecule has 0 spiro atoms. The summed E-state index contributed by atoms with van der Waals surface area (Å²) in [4.78, 5) is 13.6. The van der Waals surface area contributed by atoms with Crippen LogP contribution in [0.25, 0.3) is 0 Å². The molecule has 1 N–H and O–H groups in total. The fourth-order valence-corrected chi connectivity index (χ4v) is 2.04. The van der Waals surface area contributed by atoms with Crippen LogP contribution < -0.4 is 9.47 Å². The molecule has 104 valence electrons. The summed E-state index contributed by atoms with van der Waals surface area (Å²) in [5, 5.41) is 9.39. The third-order valence-electron chi connectivity index (χ3n) is 3.22. The predicted octanol–water partition coefficient (Wildman–Crippen LogP) is 1.06. The largest absolute Gasteiger partial charge is 0.497 e. The normalized spacial score (nSPS) is 16.2. The number of ether oxygens (including phenoxy) is 2. The lowest BCUT2D eigenvalue weighted by molar-refractivity contribution is -0.135. The van der Waals surface area contributed by atoms with E-state index in [9.17, 15) is 9.90 Å². The van der Waals surface area contributed by atoms with E-state index in [2.05, 4.69) is 0 Å². The van der Waals surface area contributed by atoms with Gasteiger partial charge in [0.1, 0.15) is 11.5 Å². The molecule has 1 saturated heterocycles. The minimum Gasteiger partial charge on any atom is -0.497 e. The molecular weight excluding hydrogens is 246 g/mol. The molecule has 0 aromatic heterocycles. The van der Waals surface area contributed by atoms with E-state index >= 15 is 0 Å². The molecule has 0 saturated carbocycles. The molecule has 1 aromatic carbocycles. The number of carbonyl (C=O) groups is 1. The van der Waals surface area contributed by atoms with Crippen LogP contribution in [0.15, 0.2) is 24.3 Å². The fraction of sp³-hybridized carbons (Fsp3) is 0.500. The van der Waals surface area contributed by atoms with E-state index in [-0.39, 0.29) is 18.6 Å². The van der Waals surface area contributed by atoms with Crippen molar-refractivity contribution in [3.8, 4) is 11.5 Å². The van der Waals surface area contributed by atoms with Crippen molar-refractivity contribution >= 4 is 5.91 Å². The van der Waals surface area contributed by atoms with E-state index in [0.29, 0.717) is 37.4 Å². The minimum absolute atomic E-state index is 0.0171. The van der Waals surface area contributed by atoms with Crippen LogP contribution in [-0.2, 0) is 4.79 Å². The number of rotatable bonds is 4. The van der Waals surface area contributed by atoms with Gasteiger partial charge in [-0.15, -0.1) is 0 Å². The van der Waals surface area contributed by atoms with Gasteiger partial charge in [0.15, 0.2) is 6.61 Å². The number of methoxy groups -OCH3 is 1. The van der Waals surface area contributed by atoms with Crippen LogP contribution in [0.3, 0.4) is 0 Å². The zero-order valence-electron chi connectivity index (χ0n) is 11.0. The molecule has 0 radical (unpaired) electrons. The number of amides is 1. The molecular formula is C14H19NO4. The molecule has 0 atom stereocenters. The summed E-state index contributed by atoms with van der Waals surface area (Å²) in [6, 6.07) is 7.17. The standard InChI is InChI=1S/C14H19NO4/c1-18-12-3-2-4-13(9-12)19-10-14(17)15-7-5-11(16)6-8-15/h2-4,9,11,16H,5-8,10H2,1H3. The topological polar surface area (TPSA) is 59.0 Å². The highest BCUT2D eigenvalue weighted by molar-refractivity contribution is 5.77. The van der Waals surface area contributed by atoms with Crippen LogP contribution in [0.1, 0.15) is 12.8 Å². The molecule has 1 heterocycles. The second kappa shape index (κ2) is 6.43. The highest BCUT2D eigenvalue weighted by Crippen LogP contribution is 2.19. The summed E-state index contributed by atoms with van der Waals surface area (Å²) < 4.78 is 10.5. The van der Waals surface area contributed by atoms with Gasteiger partial charge in [-0.25, -0.2) is 0 Å². The maximum absolute atomic E-state index is 11.9. The molecule has 1 aliphatic heterocycles. The van der Waals surface area contributed by atoms with Gasteiger partial charge in [0, 0.05) is 19.2 Å². The highest BCUT2D eigenvalue weighted by atomic mass is 16.5. The van der Waals surface area contributed by atoms with Crippen molar-refractivity contribution in [3.63, 3.8) is 0 Å². The molecule has 0 unspecified atom stereocenters. The van der Waals surface area contributed by atoms with Crippen LogP contribution in [0, 0.1) is 0 Å². The minimum atomic E-state index is -0.275. The smallest absolute Gasteiger partial charge is 0.260 e. The van der Waals surface area contributed by atoms with Gasteiger partial charge < -0.3 is 19.5 Å². The number of benzene rings is 1. The first-order chi connectivity index (χ1) is 9.19. The highest BCUT2D eigenvalue weighted by Gasteiger charge is 2.21. The monoisotopic (exact) mass is 265 g/mol. The van der Waals surface area contributed by atoms with Crippen molar-refractivity contribution in [1.82, 2.24) is 4.90 Å². The van der Waals surface area contributed by atoms with Crippen LogP contribution in [0.2, 0.25) is 0 Å². The molecule has 1 amide bonds. The van der Waals surface area contributed by atoms with Crippen LogP contribution in [0.4, 0.5) is 0 Å². The molecule has 0 bridgehead atoms. The molecule has 19 heavy (non-hydrogen) atoms. The molecule has 1 aliphatic rings. The van der Waals surface area contributed by atoms with Crippen molar-refractivity contribution in [2.45, 2.75) is 18.9 Å². The summed E-state index contributed by atoms with van der Waals surface area (Å²) in [6.45, 7) is 1.21. The Morgan fingerprint density at radius 1 is 1.37 bits per heavy atom. The van der Waals surface area contributed by atoms with Gasteiger partial charge in [-0.2, -0.15) is 0 Å². The van der Waals surface area contributed by atoms with Gasteiger partial charge in [-0.1, -0.05) is 6.07 Å². The first-order valence-corrected chi connectivity index (χ1v) is 6.41. The van der Waals surface area contributed by atoms with Gasteiger partial charge >= 0.3 is 0 Å². The molecule has 1 fully saturated rings. The fourth-order valence-electron chi connectivity index (χ4n) is 2.04. The molecule has 1 aromatic rings. The molecule has 5 heteroatoms. The third-order valence-corrected chi connectivity index (χ3v) is 3.22. The number of aliphatic hydroxyl groups excluding tert-OH is 1. The van der Waals surface area contributed by atoms with E-state index in [1.54, 1.807) is 24.1 Å². The maximum Gasteiger partial charge on any atom is 0.260 e. The first kappa shape index (κ1) is 13.7. The van der Waals surface area contributed by atoms with Crippen molar-refractivity contribution < 1.29 is 19.4 Å². The average Bonchev–Trinajstić information content (AvgIpc) is 2.46. The number of piperidine rings is 1. The summed E-state index contributed by atoms with van der Waals surface area (Å²) in [5.74, 6) is 1.27. The Bertz CT molecular complexity index is 427. The van der Waals surface area contributed by atoms with E-state index < -0.39 is 0 Å². The number of aliphatic hydroxyl groups is 1. The third kappa shape index (κ3) is 3.86. The lowest BCUT2D eigenvalue weighted by Crippen LogP contribution is -2.42. The Morgan fingerprint density at radius 3 is 2.74 bits per heavy atom. The molecule has 2 rings (SSSR count). The quantitative estimate of drug-likeness (QED) is 0.884. The Labute approximate surface area is 112 Å². The SMILES string of the molecule is COc1cccc(OCC(=O)N2CCC(O)CC2)c1. The zero-order valence-corrected chi connectivity index (χ0v) is 11.0. The van der Waals surface area contributed by atoms with Crippen molar-refractivity contribution in [2.75, 3.05) is 26.8 Å². The number of likely N-dealkylation sites (tertiary alicyclic amines) is 1. The number of hydrogen-bond acceptors (Lipinski definition) is 4. The van der Waals surface area contributed by atoms with Crippen molar-refractivity contribution in [2.24, 2.45) is 0 Å². The maximum atomic E-state index is 11.9. The second-order valence-electron chi connectivity index (χ2n) is 4.58. The van der Waals surface area contributed by atoms with Gasteiger partial charge in [0.25, 0.3) is 5.91 Å². The van der Waals surface area contributed by atoms with Crippen molar-refractivity contribution in [1.29, 1.82) is 0 Å². The lowest BCUT2D eigenvalue weighted by atomic mass is 10.1. The second-order valence-corrected chi connectivity index (χ2v) is 4.58. The Morgan fingerprint density at radius 2 is 2.05 bits per heavy atom. The summed E-state index contributed by atoms with van der Waals surface area (Å²) in [5.41, 5.74) is 0. The zero-order chi connectivity index (χ0) is 13.7. The lowest BCUT2D eigenvalue weighted by Gasteiger charge is -2.29. The van der Waals surface area contributed by atoms with Crippen molar-refractivity contribution in [3.05, 3.63) is 24.3 Å². The van der Waals surface area contributed by atoms with Crippen LogP contribution >= 0.6 is 0 Å². The average molecular weight is 265 g/mol. The van der Waals surface area contributed by atoms with Gasteiger partial charge in [0.05, 0.1) is 13.2 Å². The van der Waals surface area contributed by atoms with E-state index in [1.165, 1.54) is 0 Å². The Balaban J connectivity index is 1.82.